The molecule has 2 heterocycles. The van der Waals surface area contributed by atoms with Gasteiger partial charge in [-0.1, -0.05) is 23.7 Å². The van der Waals surface area contributed by atoms with Gasteiger partial charge in [-0.2, -0.15) is 13.2 Å². The molecule has 0 amide bonds. The number of hydrogen-bond donors (Lipinski definition) is 1. The molecule has 3 rings (SSSR count). The third kappa shape index (κ3) is 4.48. The van der Waals surface area contributed by atoms with E-state index < -0.39 is 11.7 Å². The Hall–Kier alpha value is -1.79. The zero-order valence-electron chi connectivity index (χ0n) is 14.3. The number of benzene rings is 1. The summed E-state index contributed by atoms with van der Waals surface area (Å²) in [7, 11) is 0. The van der Waals surface area contributed by atoms with Crippen LogP contribution in [0.15, 0.2) is 42.6 Å². The lowest BCUT2D eigenvalue weighted by atomic mass is 9.78. The molecular formula is C19H20ClF3N2O. The summed E-state index contributed by atoms with van der Waals surface area (Å²) in [5.41, 5.74) is 0.390. The Labute approximate surface area is 155 Å². The summed E-state index contributed by atoms with van der Waals surface area (Å²) in [5, 5.41) is 4.08. The molecule has 140 valence electrons. The smallest absolute Gasteiger partial charge is 0.417 e. The van der Waals surface area contributed by atoms with Gasteiger partial charge in [-0.25, -0.2) is 4.98 Å². The highest BCUT2D eigenvalue weighted by Gasteiger charge is 2.33. The molecule has 1 fully saturated rings. The van der Waals surface area contributed by atoms with Gasteiger partial charge in [-0.05, 0) is 43.7 Å². The van der Waals surface area contributed by atoms with E-state index in [4.69, 9.17) is 16.3 Å². The van der Waals surface area contributed by atoms with Crippen LogP contribution in [-0.4, -0.2) is 24.2 Å². The fraction of sp³-hybridized carbons (Fsp3) is 0.421. The van der Waals surface area contributed by atoms with Gasteiger partial charge in [0.2, 0.25) is 5.88 Å². The van der Waals surface area contributed by atoms with Crippen molar-refractivity contribution in [3.05, 3.63) is 58.7 Å². The third-order valence-electron chi connectivity index (χ3n) is 4.81. The van der Waals surface area contributed by atoms with Crippen molar-refractivity contribution in [2.24, 2.45) is 5.92 Å². The van der Waals surface area contributed by atoms with Gasteiger partial charge in [-0.15, -0.1) is 0 Å². The average molecular weight is 385 g/mol. The van der Waals surface area contributed by atoms with E-state index in [-0.39, 0.29) is 23.8 Å². The lowest BCUT2D eigenvalue weighted by Gasteiger charge is -2.36. The lowest BCUT2D eigenvalue weighted by molar-refractivity contribution is -0.137. The lowest BCUT2D eigenvalue weighted by Crippen LogP contribution is -2.41. The molecule has 0 saturated carbocycles. The molecule has 1 N–H and O–H groups in total. The van der Waals surface area contributed by atoms with Crippen LogP contribution in [0.3, 0.4) is 0 Å². The van der Waals surface area contributed by atoms with Gasteiger partial charge in [-0.3, -0.25) is 0 Å². The second kappa shape index (κ2) is 7.84. The molecule has 1 aliphatic rings. The van der Waals surface area contributed by atoms with Crippen molar-refractivity contribution in [2.45, 2.75) is 31.5 Å². The standard InChI is InChI=1S/C19H20ClF3N2O/c1-12(26-18-7-4-14(10-25-18)19(21,22)23)16-8-9-24-11-17(16)13-2-5-15(20)6-3-13/h2-7,10,12,16-17,24H,8-9,11H2,1H3/t12?,16-,17-/m1/s1. The number of halogens is 4. The molecule has 0 aliphatic carbocycles. The molecule has 7 heteroatoms. The van der Waals surface area contributed by atoms with Crippen LogP contribution in [0, 0.1) is 5.92 Å². The second-order valence-corrected chi connectivity index (χ2v) is 6.96. The number of alkyl halides is 3. The van der Waals surface area contributed by atoms with Crippen LogP contribution in [0.2, 0.25) is 5.02 Å². The predicted octanol–water partition coefficient (Wildman–Crippen LogP) is 4.91. The molecule has 1 aromatic heterocycles. The molecule has 0 bridgehead atoms. The number of nitrogens with zero attached hydrogens (tertiary/aromatic N) is 1. The number of nitrogens with one attached hydrogen (secondary N) is 1. The number of aromatic nitrogens is 1. The fourth-order valence-corrected chi connectivity index (χ4v) is 3.54. The van der Waals surface area contributed by atoms with Crippen LogP contribution in [0.25, 0.3) is 0 Å². The van der Waals surface area contributed by atoms with Gasteiger partial charge in [0.05, 0.1) is 5.56 Å². The Balaban J connectivity index is 1.72. The van der Waals surface area contributed by atoms with E-state index in [1.807, 2.05) is 31.2 Å². The van der Waals surface area contributed by atoms with Gasteiger partial charge in [0.1, 0.15) is 6.10 Å². The fourth-order valence-electron chi connectivity index (χ4n) is 3.41. The topological polar surface area (TPSA) is 34.1 Å². The molecule has 3 atom stereocenters. The van der Waals surface area contributed by atoms with Crippen molar-refractivity contribution in [1.29, 1.82) is 0 Å². The first kappa shape index (κ1) is 19.0. The van der Waals surface area contributed by atoms with Crippen molar-refractivity contribution >= 4 is 11.6 Å². The van der Waals surface area contributed by atoms with Gasteiger partial charge >= 0.3 is 6.18 Å². The van der Waals surface area contributed by atoms with Crippen LogP contribution in [0.1, 0.15) is 30.4 Å². The summed E-state index contributed by atoms with van der Waals surface area (Å²) in [4.78, 5) is 3.81. The summed E-state index contributed by atoms with van der Waals surface area (Å²) in [6.07, 6.45) is -2.86. The first-order valence-electron chi connectivity index (χ1n) is 8.50. The van der Waals surface area contributed by atoms with Crippen molar-refractivity contribution in [1.82, 2.24) is 10.3 Å². The maximum atomic E-state index is 12.6. The zero-order chi connectivity index (χ0) is 18.7. The van der Waals surface area contributed by atoms with Crippen LogP contribution >= 0.6 is 11.6 Å². The Morgan fingerprint density at radius 1 is 1.19 bits per heavy atom. The minimum atomic E-state index is -4.40. The molecule has 2 aromatic rings. The summed E-state index contributed by atoms with van der Waals surface area (Å²) in [5.74, 6) is 0.672. The SMILES string of the molecule is CC(Oc1ccc(C(F)(F)F)cn1)[C@H]1CCNC[C@@H]1c1ccc(Cl)cc1. The molecule has 3 nitrogen and oxygen atoms in total. The van der Waals surface area contributed by atoms with E-state index >= 15 is 0 Å². The van der Waals surface area contributed by atoms with Gasteiger partial charge in [0.15, 0.2) is 0 Å². The molecular weight excluding hydrogens is 365 g/mol. The number of hydrogen-bond acceptors (Lipinski definition) is 3. The number of ether oxygens (including phenoxy) is 1. The Morgan fingerprint density at radius 3 is 2.54 bits per heavy atom. The van der Waals surface area contributed by atoms with Crippen LogP contribution < -0.4 is 10.1 Å². The van der Waals surface area contributed by atoms with Gasteiger partial charge < -0.3 is 10.1 Å². The second-order valence-electron chi connectivity index (χ2n) is 6.52. The van der Waals surface area contributed by atoms with E-state index in [1.54, 1.807) is 0 Å². The van der Waals surface area contributed by atoms with E-state index in [1.165, 1.54) is 11.6 Å². The Bertz CT molecular complexity index is 719. The van der Waals surface area contributed by atoms with Crippen molar-refractivity contribution in [2.75, 3.05) is 13.1 Å². The van der Waals surface area contributed by atoms with Crippen LogP contribution in [0.4, 0.5) is 13.2 Å². The van der Waals surface area contributed by atoms with Crippen LogP contribution in [0.5, 0.6) is 5.88 Å². The summed E-state index contributed by atoms with van der Waals surface area (Å²) in [6.45, 7) is 3.64. The highest BCUT2D eigenvalue weighted by Crippen LogP contribution is 2.34. The summed E-state index contributed by atoms with van der Waals surface area (Å²) >= 11 is 5.97. The van der Waals surface area contributed by atoms with Crippen molar-refractivity contribution in [3.63, 3.8) is 0 Å². The molecule has 0 radical (unpaired) electrons. The normalized spacial score (nSPS) is 22.0. The molecule has 1 unspecified atom stereocenters. The third-order valence-corrected chi connectivity index (χ3v) is 5.06. The maximum Gasteiger partial charge on any atom is 0.417 e. The monoisotopic (exact) mass is 384 g/mol. The predicted molar refractivity (Wildman–Crippen MR) is 94.5 cm³/mol. The summed E-state index contributed by atoms with van der Waals surface area (Å²) < 4.78 is 43.8. The first-order chi connectivity index (χ1) is 12.3. The van der Waals surface area contributed by atoms with Crippen molar-refractivity contribution in [3.8, 4) is 5.88 Å². The van der Waals surface area contributed by atoms with E-state index in [0.29, 0.717) is 5.02 Å². The highest BCUT2D eigenvalue weighted by molar-refractivity contribution is 6.30. The molecule has 26 heavy (non-hydrogen) atoms. The largest absolute Gasteiger partial charge is 0.474 e. The quantitative estimate of drug-likeness (QED) is 0.812. The maximum absolute atomic E-state index is 12.6. The van der Waals surface area contributed by atoms with Gasteiger partial charge in [0, 0.05) is 35.7 Å². The number of piperidine rings is 1. The van der Waals surface area contributed by atoms with Gasteiger partial charge in [0.25, 0.3) is 0 Å². The number of rotatable bonds is 4. The molecule has 0 spiro atoms. The van der Waals surface area contributed by atoms with E-state index in [9.17, 15) is 13.2 Å². The molecule has 1 aromatic carbocycles. The highest BCUT2D eigenvalue weighted by atomic mass is 35.5. The molecule has 1 saturated heterocycles. The average Bonchev–Trinajstić information content (AvgIpc) is 2.62. The first-order valence-corrected chi connectivity index (χ1v) is 8.88. The van der Waals surface area contributed by atoms with E-state index in [2.05, 4.69) is 10.3 Å². The van der Waals surface area contributed by atoms with E-state index in [0.717, 1.165) is 31.8 Å². The number of pyridine rings is 1. The zero-order valence-corrected chi connectivity index (χ0v) is 15.0. The van der Waals surface area contributed by atoms with Crippen molar-refractivity contribution < 1.29 is 17.9 Å². The summed E-state index contributed by atoms with van der Waals surface area (Å²) in [6, 6.07) is 10.0. The minimum absolute atomic E-state index is 0.179. The van der Waals surface area contributed by atoms with Crippen LogP contribution in [-0.2, 0) is 6.18 Å². The molecule has 1 aliphatic heterocycles. The Kier molecular flexibility index (Phi) is 5.73. The minimum Gasteiger partial charge on any atom is -0.474 e. The Morgan fingerprint density at radius 2 is 1.92 bits per heavy atom.